The zero-order valence-corrected chi connectivity index (χ0v) is 15.8. The molecule has 0 unspecified atom stereocenters. The molecule has 0 saturated carbocycles. The van der Waals surface area contributed by atoms with Crippen molar-refractivity contribution in [1.82, 2.24) is 10.6 Å². The molecule has 1 aromatic carbocycles. The first-order chi connectivity index (χ1) is 11.7. The second kappa shape index (κ2) is 10.8. The van der Waals surface area contributed by atoms with Gasteiger partial charge >= 0.3 is 0 Å². The molecule has 0 aliphatic carbocycles. The van der Waals surface area contributed by atoms with E-state index < -0.39 is 0 Å². The Bertz CT molecular complexity index is 580. The summed E-state index contributed by atoms with van der Waals surface area (Å²) in [5, 5.41) is 6.24. The van der Waals surface area contributed by atoms with Crippen molar-refractivity contribution in [2.45, 2.75) is 19.3 Å². The van der Waals surface area contributed by atoms with Gasteiger partial charge in [-0.1, -0.05) is 11.6 Å². The Labute approximate surface area is 155 Å². The Morgan fingerprint density at radius 3 is 2.36 bits per heavy atom. The number of methoxy groups -OCH3 is 3. The molecule has 2 N–H and O–H groups in total. The summed E-state index contributed by atoms with van der Waals surface area (Å²) in [4.78, 5) is 12.0. The number of benzene rings is 1. The fourth-order valence-corrected chi connectivity index (χ4v) is 2.67. The van der Waals surface area contributed by atoms with Crippen molar-refractivity contribution in [3.8, 4) is 17.2 Å². The predicted octanol–water partition coefficient (Wildman–Crippen LogP) is 2.10. The maximum atomic E-state index is 12.0. The Morgan fingerprint density at radius 2 is 1.84 bits per heavy atom. The number of halogens is 1. The van der Waals surface area contributed by atoms with Crippen LogP contribution in [0.4, 0.5) is 0 Å². The van der Waals surface area contributed by atoms with E-state index in [9.17, 15) is 4.79 Å². The lowest BCUT2D eigenvalue weighted by Crippen LogP contribution is -2.29. The number of nitrogens with one attached hydrogen (secondary N) is 2. The zero-order chi connectivity index (χ0) is 17.4. The summed E-state index contributed by atoms with van der Waals surface area (Å²) in [6, 6.07) is 3.76. The second-order valence-corrected chi connectivity index (χ2v) is 5.63. The van der Waals surface area contributed by atoms with E-state index >= 15 is 0 Å². The number of rotatable bonds is 8. The van der Waals surface area contributed by atoms with Gasteiger partial charge in [-0.2, -0.15) is 0 Å². The topological polar surface area (TPSA) is 68.8 Å². The molecule has 1 aromatic rings. The Kier molecular flexibility index (Phi) is 9.16. The third-order valence-electron chi connectivity index (χ3n) is 4.04. The standard InChI is InChI=1S/C18H26N2O4.ClH/c1-22-15-10-14(11-16(23-2)18(15)24-3)4-5-17(21)20-12-13-6-8-19-9-7-13;/h6,10-11,19H,4-5,7-9,12H2,1-3H3,(H,20,21);1H. The minimum atomic E-state index is 0. The average molecular weight is 371 g/mol. The molecule has 0 radical (unpaired) electrons. The number of hydrogen-bond donors (Lipinski definition) is 2. The SMILES string of the molecule is COc1cc(CCC(=O)NCC2=CCNCC2)cc(OC)c1OC.Cl. The van der Waals surface area contributed by atoms with Crippen molar-refractivity contribution in [2.24, 2.45) is 0 Å². The summed E-state index contributed by atoms with van der Waals surface area (Å²) in [7, 11) is 4.74. The third kappa shape index (κ3) is 6.14. The van der Waals surface area contributed by atoms with Gasteiger partial charge in [-0.25, -0.2) is 0 Å². The monoisotopic (exact) mass is 370 g/mol. The fourth-order valence-electron chi connectivity index (χ4n) is 2.67. The van der Waals surface area contributed by atoms with Gasteiger partial charge in [-0.3, -0.25) is 4.79 Å². The molecule has 1 heterocycles. The lowest BCUT2D eigenvalue weighted by molar-refractivity contribution is -0.120. The first-order valence-corrected chi connectivity index (χ1v) is 8.12. The number of amides is 1. The summed E-state index contributed by atoms with van der Waals surface area (Å²) in [5.41, 5.74) is 2.26. The van der Waals surface area contributed by atoms with Crippen molar-refractivity contribution in [3.05, 3.63) is 29.3 Å². The Hall–Kier alpha value is -1.92. The zero-order valence-electron chi connectivity index (χ0n) is 15.0. The summed E-state index contributed by atoms with van der Waals surface area (Å²) in [6.45, 7) is 2.50. The minimum Gasteiger partial charge on any atom is -0.493 e. The van der Waals surface area contributed by atoms with Crippen LogP contribution < -0.4 is 24.8 Å². The highest BCUT2D eigenvalue weighted by Crippen LogP contribution is 2.38. The summed E-state index contributed by atoms with van der Waals surface area (Å²) >= 11 is 0. The third-order valence-corrected chi connectivity index (χ3v) is 4.04. The van der Waals surface area contributed by atoms with Gasteiger partial charge in [0.25, 0.3) is 0 Å². The van der Waals surface area contributed by atoms with E-state index in [1.165, 1.54) is 5.57 Å². The Morgan fingerprint density at radius 1 is 1.16 bits per heavy atom. The van der Waals surface area contributed by atoms with E-state index in [2.05, 4.69) is 16.7 Å². The van der Waals surface area contributed by atoms with Crippen molar-refractivity contribution in [1.29, 1.82) is 0 Å². The van der Waals surface area contributed by atoms with Gasteiger partial charge in [0, 0.05) is 19.5 Å². The molecule has 7 heteroatoms. The van der Waals surface area contributed by atoms with Crippen LogP contribution in [0.3, 0.4) is 0 Å². The number of ether oxygens (including phenoxy) is 3. The highest BCUT2D eigenvalue weighted by molar-refractivity contribution is 5.85. The normalized spacial score (nSPS) is 13.3. The number of carbonyl (C=O) groups excluding carboxylic acids is 1. The van der Waals surface area contributed by atoms with Crippen molar-refractivity contribution in [3.63, 3.8) is 0 Å². The maximum absolute atomic E-state index is 12.0. The summed E-state index contributed by atoms with van der Waals surface area (Å²) in [6.07, 6.45) is 4.17. The molecule has 0 fully saturated rings. The van der Waals surface area contributed by atoms with Gasteiger partial charge in [0.05, 0.1) is 21.3 Å². The van der Waals surface area contributed by atoms with E-state index in [1.807, 2.05) is 12.1 Å². The molecule has 0 aromatic heterocycles. The van der Waals surface area contributed by atoms with E-state index in [-0.39, 0.29) is 18.3 Å². The van der Waals surface area contributed by atoms with Gasteiger partial charge in [0.1, 0.15) is 0 Å². The predicted molar refractivity (Wildman–Crippen MR) is 100 cm³/mol. The lowest BCUT2D eigenvalue weighted by Gasteiger charge is -2.15. The quantitative estimate of drug-likeness (QED) is 0.686. The van der Waals surface area contributed by atoms with Gasteiger partial charge in [0.15, 0.2) is 11.5 Å². The van der Waals surface area contributed by atoms with Crippen LogP contribution >= 0.6 is 12.4 Å². The summed E-state index contributed by atoms with van der Waals surface area (Å²) < 4.78 is 16.0. The van der Waals surface area contributed by atoms with Crippen LogP contribution in [0.5, 0.6) is 17.2 Å². The van der Waals surface area contributed by atoms with Gasteiger partial charge in [-0.05, 0) is 37.1 Å². The number of carbonyl (C=O) groups is 1. The van der Waals surface area contributed by atoms with Crippen LogP contribution in [0.2, 0.25) is 0 Å². The van der Waals surface area contributed by atoms with Crippen LogP contribution in [0, 0.1) is 0 Å². The molecule has 25 heavy (non-hydrogen) atoms. The van der Waals surface area contributed by atoms with E-state index in [1.54, 1.807) is 21.3 Å². The molecule has 0 atom stereocenters. The summed E-state index contributed by atoms with van der Waals surface area (Å²) in [5.74, 6) is 1.81. The molecule has 0 bridgehead atoms. The molecule has 140 valence electrons. The first-order valence-electron chi connectivity index (χ1n) is 8.12. The van der Waals surface area contributed by atoms with Gasteiger partial charge in [0.2, 0.25) is 11.7 Å². The highest BCUT2D eigenvalue weighted by atomic mass is 35.5. The lowest BCUT2D eigenvalue weighted by atomic mass is 10.1. The van der Waals surface area contributed by atoms with Crippen molar-refractivity contribution >= 4 is 18.3 Å². The van der Waals surface area contributed by atoms with Crippen LogP contribution in [-0.2, 0) is 11.2 Å². The molecular formula is C18H27ClN2O4. The van der Waals surface area contributed by atoms with Gasteiger partial charge < -0.3 is 24.8 Å². The smallest absolute Gasteiger partial charge is 0.220 e. The van der Waals surface area contributed by atoms with E-state index in [0.717, 1.165) is 25.1 Å². The number of aryl methyl sites for hydroxylation is 1. The fraction of sp³-hybridized carbons (Fsp3) is 0.500. The molecule has 1 aliphatic rings. The molecule has 0 spiro atoms. The average Bonchev–Trinajstić information content (AvgIpc) is 2.64. The number of hydrogen-bond acceptors (Lipinski definition) is 5. The maximum Gasteiger partial charge on any atom is 0.220 e. The van der Waals surface area contributed by atoms with Crippen molar-refractivity contribution in [2.75, 3.05) is 41.0 Å². The molecule has 2 rings (SSSR count). The largest absolute Gasteiger partial charge is 0.493 e. The molecule has 1 amide bonds. The minimum absolute atomic E-state index is 0. The van der Waals surface area contributed by atoms with Crippen LogP contribution in [-0.4, -0.2) is 46.9 Å². The van der Waals surface area contributed by atoms with E-state index in [4.69, 9.17) is 14.2 Å². The molecular weight excluding hydrogens is 344 g/mol. The highest BCUT2D eigenvalue weighted by Gasteiger charge is 2.14. The van der Waals surface area contributed by atoms with E-state index in [0.29, 0.717) is 36.6 Å². The Balaban J connectivity index is 0.00000312. The molecule has 1 aliphatic heterocycles. The van der Waals surface area contributed by atoms with Crippen LogP contribution in [0.25, 0.3) is 0 Å². The van der Waals surface area contributed by atoms with Crippen molar-refractivity contribution < 1.29 is 19.0 Å². The molecule has 0 saturated heterocycles. The second-order valence-electron chi connectivity index (χ2n) is 5.63. The first kappa shape index (κ1) is 21.1. The van der Waals surface area contributed by atoms with Gasteiger partial charge in [-0.15, -0.1) is 12.4 Å². The molecule has 6 nitrogen and oxygen atoms in total. The van der Waals surface area contributed by atoms with Crippen LogP contribution in [0.1, 0.15) is 18.4 Å². The van der Waals surface area contributed by atoms with Crippen LogP contribution in [0.15, 0.2) is 23.8 Å².